The van der Waals surface area contributed by atoms with Crippen LogP contribution in [-0.4, -0.2) is 24.4 Å². The number of nitro groups is 1. The van der Waals surface area contributed by atoms with Crippen molar-refractivity contribution < 1.29 is 14.4 Å². The van der Waals surface area contributed by atoms with Crippen LogP contribution < -0.4 is 14.9 Å². The lowest BCUT2D eigenvalue weighted by molar-refractivity contribution is -0.384. The van der Waals surface area contributed by atoms with Crippen molar-refractivity contribution in [1.29, 1.82) is 0 Å². The molecular formula is C18H20BrN3O4. The third-order valence-corrected chi connectivity index (χ3v) is 4.22. The predicted octanol–water partition coefficient (Wildman–Crippen LogP) is 4.99. The van der Waals surface area contributed by atoms with Crippen molar-refractivity contribution in [3.8, 4) is 11.5 Å². The van der Waals surface area contributed by atoms with Crippen molar-refractivity contribution in [3.63, 3.8) is 0 Å². The number of rotatable bonds is 8. The zero-order valence-electron chi connectivity index (χ0n) is 14.7. The van der Waals surface area contributed by atoms with Gasteiger partial charge in [-0.15, -0.1) is 0 Å². The maximum Gasteiger partial charge on any atom is 0.269 e. The maximum atomic E-state index is 10.6. The van der Waals surface area contributed by atoms with Gasteiger partial charge in [0.1, 0.15) is 0 Å². The Kier molecular flexibility index (Phi) is 6.97. The zero-order valence-corrected chi connectivity index (χ0v) is 16.3. The van der Waals surface area contributed by atoms with Gasteiger partial charge < -0.3 is 9.47 Å². The summed E-state index contributed by atoms with van der Waals surface area (Å²) in [7, 11) is 1.58. The molecule has 138 valence electrons. The highest BCUT2D eigenvalue weighted by atomic mass is 79.9. The second-order valence-corrected chi connectivity index (χ2v) is 6.40. The predicted molar refractivity (Wildman–Crippen MR) is 105 cm³/mol. The van der Waals surface area contributed by atoms with Crippen molar-refractivity contribution >= 4 is 33.5 Å². The zero-order chi connectivity index (χ0) is 19.1. The van der Waals surface area contributed by atoms with E-state index in [4.69, 9.17) is 9.47 Å². The summed E-state index contributed by atoms with van der Waals surface area (Å²) in [6.45, 7) is 4.05. The molecule has 0 aliphatic rings. The number of nitrogens with one attached hydrogen (secondary N) is 1. The number of halogens is 1. The Morgan fingerprint density at radius 3 is 2.62 bits per heavy atom. The number of nitro benzene ring substituents is 1. The molecule has 8 heteroatoms. The van der Waals surface area contributed by atoms with E-state index in [0.717, 1.165) is 16.5 Å². The van der Waals surface area contributed by atoms with E-state index in [1.807, 2.05) is 19.1 Å². The lowest BCUT2D eigenvalue weighted by Gasteiger charge is -2.17. The lowest BCUT2D eigenvalue weighted by atomic mass is 10.2. The Labute approximate surface area is 160 Å². The van der Waals surface area contributed by atoms with E-state index >= 15 is 0 Å². The molecule has 0 bridgehead atoms. The van der Waals surface area contributed by atoms with Crippen molar-refractivity contribution in [2.24, 2.45) is 5.10 Å². The number of ether oxygens (including phenoxy) is 2. The van der Waals surface area contributed by atoms with E-state index in [9.17, 15) is 10.1 Å². The summed E-state index contributed by atoms with van der Waals surface area (Å²) in [5.74, 6) is 1.26. The summed E-state index contributed by atoms with van der Waals surface area (Å²) in [6.07, 6.45) is 2.59. The third kappa shape index (κ3) is 5.19. The number of nitrogens with zero attached hydrogens (tertiary/aromatic N) is 2. The van der Waals surface area contributed by atoms with Gasteiger partial charge in [-0.3, -0.25) is 15.5 Å². The number of hydrogen-bond acceptors (Lipinski definition) is 6. The number of benzene rings is 2. The minimum Gasteiger partial charge on any atom is -0.493 e. The molecule has 0 fully saturated rings. The second kappa shape index (κ2) is 9.19. The van der Waals surface area contributed by atoms with Gasteiger partial charge in [0, 0.05) is 12.1 Å². The van der Waals surface area contributed by atoms with Gasteiger partial charge in [-0.05, 0) is 59.1 Å². The van der Waals surface area contributed by atoms with E-state index in [1.54, 1.807) is 25.5 Å². The molecule has 26 heavy (non-hydrogen) atoms. The average Bonchev–Trinajstić information content (AvgIpc) is 2.63. The molecule has 2 aromatic carbocycles. The first-order chi connectivity index (χ1) is 12.4. The fraction of sp³-hybridized carbons (Fsp3) is 0.278. The van der Waals surface area contributed by atoms with E-state index in [1.165, 1.54) is 12.1 Å². The summed E-state index contributed by atoms with van der Waals surface area (Å²) in [5, 5.41) is 14.8. The van der Waals surface area contributed by atoms with Gasteiger partial charge in [0.15, 0.2) is 11.5 Å². The first kappa shape index (κ1) is 19.7. The van der Waals surface area contributed by atoms with Crippen LogP contribution in [0.15, 0.2) is 46.0 Å². The van der Waals surface area contributed by atoms with Gasteiger partial charge in [-0.1, -0.05) is 6.92 Å². The third-order valence-electron chi connectivity index (χ3n) is 3.63. The van der Waals surface area contributed by atoms with E-state index in [-0.39, 0.29) is 11.8 Å². The fourth-order valence-electron chi connectivity index (χ4n) is 2.05. The molecule has 0 heterocycles. The van der Waals surface area contributed by atoms with Crippen molar-refractivity contribution in [2.75, 3.05) is 12.5 Å². The number of anilines is 1. The van der Waals surface area contributed by atoms with Crippen LogP contribution in [0.3, 0.4) is 0 Å². The quantitative estimate of drug-likeness (QED) is 0.368. The molecule has 0 saturated heterocycles. The van der Waals surface area contributed by atoms with Crippen LogP contribution in [0.4, 0.5) is 11.4 Å². The van der Waals surface area contributed by atoms with Gasteiger partial charge >= 0.3 is 0 Å². The minimum absolute atomic E-state index is 0.0325. The molecule has 7 nitrogen and oxygen atoms in total. The highest BCUT2D eigenvalue weighted by Gasteiger charge is 2.13. The Hall–Kier alpha value is -2.61. The monoisotopic (exact) mass is 421 g/mol. The highest BCUT2D eigenvalue weighted by Crippen LogP contribution is 2.37. The second-order valence-electron chi connectivity index (χ2n) is 5.54. The Morgan fingerprint density at radius 2 is 2.04 bits per heavy atom. The summed E-state index contributed by atoms with van der Waals surface area (Å²) >= 11 is 3.50. The molecule has 0 unspecified atom stereocenters. The van der Waals surface area contributed by atoms with Crippen molar-refractivity contribution in [2.45, 2.75) is 26.4 Å². The largest absolute Gasteiger partial charge is 0.493 e. The van der Waals surface area contributed by atoms with E-state index < -0.39 is 4.92 Å². The van der Waals surface area contributed by atoms with Crippen LogP contribution in [0.25, 0.3) is 0 Å². The van der Waals surface area contributed by atoms with E-state index in [2.05, 4.69) is 33.4 Å². The molecule has 0 amide bonds. The smallest absolute Gasteiger partial charge is 0.269 e. The van der Waals surface area contributed by atoms with Crippen LogP contribution in [0.5, 0.6) is 11.5 Å². The van der Waals surface area contributed by atoms with Gasteiger partial charge in [0.2, 0.25) is 0 Å². The molecule has 0 saturated carbocycles. The van der Waals surface area contributed by atoms with Gasteiger partial charge in [0.05, 0.1) is 34.5 Å². The molecule has 2 aromatic rings. The number of hydrogen-bond donors (Lipinski definition) is 1. The summed E-state index contributed by atoms with van der Waals surface area (Å²) < 4.78 is 12.1. The summed E-state index contributed by atoms with van der Waals surface area (Å²) in [6, 6.07) is 9.71. The number of non-ortho nitro benzene ring substituents is 1. The molecule has 1 N–H and O–H groups in total. The number of methoxy groups -OCH3 is 1. The van der Waals surface area contributed by atoms with Crippen molar-refractivity contribution in [1.82, 2.24) is 0 Å². The average molecular weight is 422 g/mol. The molecule has 0 aromatic heterocycles. The first-order valence-electron chi connectivity index (χ1n) is 8.02. The molecule has 0 radical (unpaired) electrons. The van der Waals surface area contributed by atoms with Gasteiger partial charge in [-0.25, -0.2) is 0 Å². The van der Waals surface area contributed by atoms with Crippen LogP contribution in [0.2, 0.25) is 0 Å². The molecule has 1 atom stereocenters. The molecular weight excluding hydrogens is 402 g/mol. The van der Waals surface area contributed by atoms with E-state index in [0.29, 0.717) is 17.2 Å². The van der Waals surface area contributed by atoms with Crippen LogP contribution in [-0.2, 0) is 0 Å². The van der Waals surface area contributed by atoms with Crippen LogP contribution >= 0.6 is 15.9 Å². The molecule has 0 aliphatic carbocycles. The summed E-state index contributed by atoms with van der Waals surface area (Å²) in [5.41, 5.74) is 4.32. The molecule has 0 aliphatic heterocycles. The number of hydrazone groups is 1. The minimum atomic E-state index is -0.445. The Balaban J connectivity index is 2.12. The Bertz CT molecular complexity index is 794. The normalized spacial score (nSPS) is 12.0. The van der Waals surface area contributed by atoms with Crippen LogP contribution in [0.1, 0.15) is 25.8 Å². The highest BCUT2D eigenvalue weighted by molar-refractivity contribution is 9.10. The standard InChI is InChI=1S/C18H20BrN3O4/c1-4-12(2)26-18-16(19)9-13(10-17(18)25-3)11-20-21-14-5-7-15(8-6-14)22(23)24/h5-12,21H,4H2,1-3H3/b20-11+/t12-/m1/s1. The van der Waals surface area contributed by atoms with Crippen molar-refractivity contribution in [3.05, 3.63) is 56.5 Å². The Morgan fingerprint density at radius 1 is 1.35 bits per heavy atom. The van der Waals surface area contributed by atoms with Gasteiger partial charge in [0.25, 0.3) is 5.69 Å². The van der Waals surface area contributed by atoms with Crippen LogP contribution in [0, 0.1) is 10.1 Å². The molecule has 2 rings (SSSR count). The van der Waals surface area contributed by atoms with Gasteiger partial charge in [-0.2, -0.15) is 5.10 Å². The lowest BCUT2D eigenvalue weighted by Crippen LogP contribution is -2.11. The topological polar surface area (TPSA) is 86.0 Å². The first-order valence-corrected chi connectivity index (χ1v) is 8.81. The fourth-order valence-corrected chi connectivity index (χ4v) is 2.61. The maximum absolute atomic E-state index is 10.6. The summed E-state index contributed by atoms with van der Waals surface area (Å²) in [4.78, 5) is 10.2. The molecule has 0 spiro atoms. The SMILES string of the molecule is CC[C@@H](C)Oc1c(Br)cc(/C=N/Nc2ccc([N+](=O)[O-])cc2)cc1OC.